The van der Waals surface area contributed by atoms with Crippen LogP contribution >= 0.6 is 11.5 Å². The van der Waals surface area contributed by atoms with Gasteiger partial charge in [-0.1, -0.05) is 17.8 Å². The molecule has 0 N–H and O–H groups in total. The zero-order valence-electron chi connectivity index (χ0n) is 9.61. The Morgan fingerprint density at radius 1 is 1.39 bits per heavy atom. The van der Waals surface area contributed by atoms with Gasteiger partial charge in [0.25, 0.3) is 0 Å². The van der Waals surface area contributed by atoms with Gasteiger partial charge in [-0.25, -0.2) is 8.78 Å². The number of rotatable bonds is 4. The second-order valence-corrected chi connectivity index (χ2v) is 4.51. The van der Waals surface area contributed by atoms with Gasteiger partial charge in [-0.05, 0) is 30.1 Å². The Kier molecular flexibility index (Phi) is 3.76. The summed E-state index contributed by atoms with van der Waals surface area (Å²) < 4.78 is 30.0. The lowest BCUT2D eigenvalue weighted by molar-refractivity contribution is 0.103. The fraction of sp³-hybridized carbons (Fsp3) is 0.250. The number of carbonyl (C=O) groups is 1. The predicted molar refractivity (Wildman–Crippen MR) is 63.7 cm³/mol. The van der Waals surface area contributed by atoms with Crippen LogP contribution in [0.4, 0.5) is 8.78 Å². The number of hydrogen-bond acceptors (Lipinski definition) is 4. The lowest BCUT2D eigenvalue weighted by Crippen LogP contribution is -2.05. The molecular weight excluding hydrogens is 258 g/mol. The number of ketones is 1. The topological polar surface area (TPSA) is 42.9 Å². The first-order valence-corrected chi connectivity index (χ1v) is 6.21. The van der Waals surface area contributed by atoms with Gasteiger partial charge >= 0.3 is 0 Å². The van der Waals surface area contributed by atoms with Crippen molar-refractivity contribution in [2.75, 3.05) is 0 Å². The van der Waals surface area contributed by atoms with E-state index in [1.165, 1.54) is 0 Å². The molecule has 1 aromatic carbocycles. The fourth-order valence-electron chi connectivity index (χ4n) is 1.58. The highest BCUT2D eigenvalue weighted by atomic mass is 32.1. The van der Waals surface area contributed by atoms with Crippen LogP contribution in [0.25, 0.3) is 0 Å². The molecule has 0 unspecified atom stereocenters. The maximum Gasteiger partial charge on any atom is 0.209 e. The average Bonchev–Trinajstić information content (AvgIpc) is 2.77. The second-order valence-electron chi connectivity index (χ2n) is 3.75. The third-order valence-corrected chi connectivity index (χ3v) is 3.19. The van der Waals surface area contributed by atoms with E-state index in [0.29, 0.717) is 23.1 Å². The van der Waals surface area contributed by atoms with Crippen molar-refractivity contribution in [3.8, 4) is 0 Å². The number of benzene rings is 1. The third kappa shape index (κ3) is 2.43. The van der Waals surface area contributed by atoms with Crippen molar-refractivity contribution in [2.24, 2.45) is 0 Å². The van der Waals surface area contributed by atoms with Crippen molar-refractivity contribution < 1.29 is 13.6 Å². The molecule has 0 atom stereocenters. The van der Waals surface area contributed by atoms with Gasteiger partial charge in [-0.3, -0.25) is 4.79 Å². The maximum atomic E-state index is 13.5. The predicted octanol–water partition coefficient (Wildman–Crippen LogP) is 3.00. The Hall–Kier alpha value is -1.69. The highest BCUT2D eigenvalue weighted by Crippen LogP contribution is 2.20. The highest BCUT2D eigenvalue weighted by molar-refractivity contribution is 7.08. The first-order chi connectivity index (χ1) is 8.63. The van der Waals surface area contributed by atoms with Crippen molar-refractivity contribution in [2.45, 2.75) is 19.8 Å². The van der Waals surface area contributed by atoms with Crippen LogP contribution < -0.4 is 0 Å². The molecule has 1 aromatic heterocycles. The third-order valence-electron chi connectivity index (χ3n) is 2.42. The Balaban J connectivity index is 2.38. The number of nitrogens with zero attached hydrogens (tertiary/aromatic N) is 2. The molecule has 0 spiro atoms. The molecule has 18 heavy (non-hydrogen) atoms. The average molecular weight is 268 g/mol. The lowest BCUT2D eigenvalue weighted by Gasteiger charge is -2.01. The highest BCUT2D eigenvalue weighted by Gasteiger charge is 2.20. The van der Waals surface area contributed by atoms with E-state index < -0.39 is 17.4 Å². The Morgan fingerprint density at radius 3 is 2.83 bits per heavy atom. The summed E-state index contributed by atoms with van der Waals surface area (Å²) in [5.74, 6) is -2.07. The van der Waals surface area contributed by atoms with Crippen molar-refractivity contribution in [1.29, 1.82) is 0 Å². The van der Waals surface area contributed by atoms with E-state index in [2.05, 4.69) is 9.59 Å². The number of carbonyl (C=O) groups excluding carboxylic acids is 1. The van der Waals surface area contributed by atoms with E-state index in [1.54, 1.807) is 0 Å². The van der Waals surface area contributed by atoms with Gasteiger partial charge in [-0.2, -0.15) is 0 Å². The van der Waals surface area contributed by atoms with Crippen LogP contribution in [0.1, 0.15) is 34.3 Å². The zero-order chi connectivity index (χ0) is 13.1. The van der Waals surface area contributed by atoms with E-state index >= 15 is 0 Å². The molecule has 0 radical (unpaired) electrons. The molecule has 2 rings (SSSR count). The standard InChI is InChI=1S/C12H10F2N2OS/c1-2-3-10-12(18-16-15-10)11(17)8-5-4-7(13)6-9(8)14/h4-6H,2-3H2,1H3. The summed E-state index contributed by atoms with van der Waals surface area (Å²) in [6, 6.07) is 2.90. The number of hydrogen-bond donors (Lipinski definition) is 0. The molecule has 0 aliphatic carbocycles. The molecule has 94 valence electrons. The summed E-state index contributed by atoms with van der Waals surface area (Å²) in [7, 11) is 0. The molecule has 0 saturated heterocycles. The van der Waals surface area contributed by atoms with Gasteiger partial charge in [-0.15, -0.1) is 5.10 Å². The van der Waals surface area contributed by atoms with Gasteiger partial charge < -0.3 is 0 Å². The minimum Gasteiger partial charge on any atom is -0.287 e. The number of halogens is 2. The molecule has 0 fully saturated rings. The van der Waals surface area contributed by atoms with Crippen LogP contribution in [0.5, 0.6) is 0 Å². The monoisotopic (exact) mass is 268 g/mol. The molecule has 0 aliphatic rings. The molecule has 1 heterocycles. The Labute approximate surface area is 107 Å². The molecule has 0 bridgehead atoms. The lowest BCUT2D eigenvalue weighted by atomic mass is 10.1. The smallest absolute Gasteiger partial charge is 0.209 e. The van der Waals surface area contributed by atoms with Gasteiger partial charge in [0.05, 0.1) is 11.3 Å². The fourth-order valence-corrected chi connectivity index (χ4v) is 2.24. The first-order valence-electron chi connectivity index (χ1n) is 5.44. The van der Waals surface area contributed by atoms with Gasteiger partial charge in [0.15, 0.2) is 0 Å². The number of aromatic nitrogens is 2. The summed E-state index contributed by atoms with van der Waals surface area (Å²) in [4.78, 5) is 12.4. The maximum absolute atomic E-state index is 13.5. The first kappa shape index (κ1) is 12.8. The molecule has 2 aromatic rings. The summed E-state index contributed by atoms with van der Waals surface area (Å²) in [5, 5.41) is 3.85. The largest absolute Gasteiger partial charge is 0.287 e. The van der Waals surface area contributed by atoms with Crippen LogP contribution in [0.3, 0.4) is 0 Å². The van der Waals surface area contributed by atoms with E-state index in [9.17, 15) is 13.6 Å². The summed E-state index contributed by atoms with van der Waals surface area (Å²) in [6.07, 6.45) is 1.43. The van der Waals surface area contributed by atoms with Gasteiger partial charge in [0.2, 0.25) is 5.78 Å². The minimum absolute atomic E-state index is 0.153. The Morgan fingerprint density at radius 2 is 2.17 bits per heavy atom. The van der Waals surface area contributed by atoms with E-state index in [1.807, 2.05) is 6.92 Å². The zero-order valence-corrected chi connectivity index (χ0v) is 10.4. The van der Waals surface area contributed by atoms with E-state index in [4.69, 9.17) is 0 Å². The van der Waals surface area contributed by atoms with E-state index in [-0.39, 0.29) is 5.56 Å². The Bertz CT molecular complexity index is 583. The minimum atomic E-state index is -0.865. The van der Waals surface area contributed by atoms with Crippen LogP contribution in [0.2, 0.25) is 0 Å². The van der Waals surface area contributed by atoms with Crippen molar-refractivity contribution in [3.63, 3.8) is 0 Å². The molecule has 0 saturated carbocycles. The van der Waals surface area contributed by atoms with Crippen LogP contribution in [0.15, 0.2) is 18.2 Å². The van der Waals surface area contributed by atoms with Crippen LogP contribution in [-0.2, 0) is 6.42 Å². The van der Waals surface area contributed by atoms with Crippen LogP contribution in [-0.4, -0.2) is 15.4 Å². The molecule has 6 heteroatoms. The van der Waals surface area contributed by atoms with E-state index in [0.717, 1.165) is 30.1 Å². The molecule has 0 aliphatic heterocycles. The SMILES string of the molecule is CCCc1nnsc1C(=O)c1ccc(F)cc1F. The second kappa shape index (κ2) is 5.30. The summed E-state index contributed by atoms with van der Waals surface area (Å²) >= 11 is 0.934. The molecule has 0 amide bonds. The molecule has 3 nitrogen and oxygen atoms in total. The normalized spacial score (nSPS) is 10.6. The quantitative estimate of drug-likeness (QED) is 0.800. The number of aryl methyl sites for hydroxylation is 1. The van der Waals surface area contributed by atoms with Crippen molar-refractivity contribution >= 4 is 17.3 Å². The van der Waals surface area contributed by atoms with Crippen molar-refractivity contribution in [1.82, 2.24) is 9.59 Å². The van der Waals surface area contributed by atoms with Gasteiger partial charge in [0, 0.05) is 6.07 Å². The molecular formula is C12H10F2N2OS. The van der Waals surface area contributed by atoms with Crippen molar-refractivity contribution in [3.05, 3.63) is 46.0 Å². The summed E-state index contributed by atoms with van der Waals surface area (Å²) in [5.41, 5.74) is 0.413. The summed E-state index contributed by atoms with van der Waals surface area (Å²) in [6.45, 7) is 1.95. The van der Waals surface area contributed by atoms with Gasteiger partial charge in [0.1, 0.15) is 16.5 Å². The van der Waals surface area contributed by atoms with Crippen LogP contribution in [0, 0.1) is 11.6 Å².